The molecule has 4 N–H and O–H groups in total. The second-order valence-electron chi connectivity index (χ2n) is 4.08. The van der Waals surface area contributed by atoms with Crippen molar-refractivity contribution in [1.29, 1.82) is 0 Å². The molecule has 4 heteroatoms. The van der Waals surface area contributed by atoms with Crippen LogP contribution in [0.1, 0.15) is 32.1 Å². The first-order valence-electron chi connectivity index (χ1n) is 5.47. The molecule has 82 valence electrons. The molecule has 1 rings (SSSR count). The Balaban J connectivity index is 2.29. The standard InChI is InChI=1S/C10H21N3O/c11-9(10(12)14)8-13-6-4-2-1-3-5-7-13/h9H,1-8,11H2,(H2,12,14). The van der Waals surface area contributed by atoms with Crippen LogP contribution in [-0.2, 0) is 4.79 Å². The van der Waals surface area contributed by atoms with E-state index in [0.29, 0.717) is 6.54 Å². The van der Waals surface area contributed by atoms with Gasteiger partial charge in [-0.3, -0.25) is 4.79 Å². The second kappa shape index (κ2) is 5.98. The number of rotatable bonds is 3. The fraction of sp³-hybridized carbons (Fsp3) is 0.900. The van der Waals surface area contributed by atoms with Gasteiger partial charge in [-0.25, -0.2) is 0 Å². The summed E-state index contributed by atoms with van der Waals surface area (Å²) in [4.78, 5) is 13.1. The number of likely N-dealkylation sites (tertiary alicyclic amines) is 1. The minimum absolute atomic E-state index is 0.396. The van der Waals surface area contributed by atoms with E-state index in [9.17, 15) is 4.79 Å². The van der Waals surface area contributed by atoms with Crippen molar-refractivity contribution in [1.82, 2.24) is 4.90 Å². The van der Waals surface area contributed by atoms with Crippen molar-refractivity contribution in [3.05, 3.63) is 0 Å². The summed E-state index contributed by atoms with van der Waals surface area (Å²) in [5, 5.41) is 0. The van der Waals surface area contributed by atoms with Gasteiger partial charge in [0.1, 0.15) is 0 Å². The molecule has 1 saturated heterocycles. The molecule has 0 aliphatic carbocycles. The lowest BCUT2D eigenvalue weighted by Gasteiger charge is -2.26. The summed E-state index contributed by atoms with van der Waals surface area (Å²) in [5.74, 6) is -0.396. The quantitative estimate of drug-likeness (QED) is 0.675. The average Bonchev–Trinajstić information content (AvgIpc) is 2.08. The predicted octanol–water partition coefficient (Wildman–Crippen LogP) is 0.0651. The number of nitrogens with zero attached hydrogens (tertiary/aromatic N) is 1. The largest absolute Gasteiger partial charge is 0.368 e. The molecule has 1 unspecified atom stereocenters. The molecule has 0 radical (unpaired) electrons. The Morgan fingerprint density at radius 2 is 1.64 bits per heavy atom. The maximum atomic E-state index is 10.8. The topological polar surface area (TPSA) is 72.3 Å². The zero-order valence-electron chi connectivity index (χ0n) is 8.74. The van der Waals surface area contributed by atoms with Gasteiger partial charge in [0.15, 0.2) is 0 Å². The third-order valence-corrected chi connectivity index (χ3v) is 2.77. The highest BCUT2D eigenvalue weighted by molar-refractivity contribution is 5.79. The van der Waals surface area contributed by atoms with Gasteiger partial charge in [-0.05, 0) is 25.9 Å². The summed E-state index contributed by atoms with van der Waals surface area (Å²) in [6, 6.07) is -0.505. The number of carbonyl (C=O) groups excluding carboxylic acids is 1. The van der Waals surface area contributed by atoms with Crippen molar-refractivity contribution in [3.63, 3.8) is 0 Å². The highest BCUT2D eigenvalue weighted by atomic mass is 16.1. The molecule has 1 aliphatic heterocycles. The van der Waals surface area contributed by atoms with Crippen molar-refractivity contribution in [2.24, 2.45) is 11.5 Å². The minimum atomic E-state index is -0.505. The molecule has 0 aromatic carbocycles. The third-order valence-electron chi connectivity index (χ3n) is 2.77. The van der Waals surface area contributed by atoms with Crippen LogP contribution in [0.3, 0.4) is 0 Å². The summed E-state index contributed by atoms with van der Waals surface area (Å²) >= 11 is 0. The van der Waals surface area contributed by atoms with Crippen LogP contribution in [0.25, 0.3) is 0 Å². The molecular weight excluding hydrogens is 178 g/mol. The van der Waals surface area contributed by atoms with Crippen LogP contribution in [0, 0.1) is 0 Å². The number of amides is 1. The Kier molecular flexibility index (Phi) is 4.90. The Morgan fingerprint density at radius 3 is 2.14 bits per heavy atom. The molecule has 1 aliphatic rings. The van der Waals surface area contributed by atoms with Crippen molar-refractivity contribution in [3.8, 4) is 0 Å². The zero-order valence-corrected chi connectivity index (χ0v) is 8.74. The van der Waals surface area contributed by atoms with Gasteiger partial charge in [0.2, 0.25) is 5.91 Å². The minimum Gasteiger partial charge on any atom is -0.368 e. The lowest BCUT2D eigenvalue weighted by molar-refractivity contribution is -0.119. The molecular formula is C10H21N3O. The van der Waals surface area contributed by atoms with Gasteiger partial charge in [-0.2, -0.15) is 0 Å². The first-order chi connectivity index (χ1) is 6.70. The van der Waals surface area contributed by atoms with E-state index in [1.165, 1.54) is 32.1 Å². The zero-order chi connectivity index (χ0) is 10.4. The molecule has 1 amide bonds. The highest BCUT2D eigenvalue weighted by Crippen LogP contribution is 2.10. The van der Waals surface area contributed by atoms with E-state index in [1.54, 1.807) is 0 Å². The number of nitrogens with two attached hydrogens (primary N) is 2. The molecule has 4 nitrogen and oxygen atoms in total. The monoisotopic (exact) mass is 199 g/mol. The Labute approximate surface area is 85.6 Å². The van der Waals surface area contributed by atoms with Crippen molar-refractivity contribution in [2.45, 2.75) is 38.1 Å². The Hall–Kier alpha value is -0.610. The number of carbonyl (C=O) groups is 1. The first-order valence-corrected chi connectivity index (χ1v) is 5.47. The van der Waals surface area contributed by atoms with Gasteiger partial charge in [0.25, 0.3) is 0 Å². The van der Waals surface area contributed by atoms with E-state index in [2.05, 4.69) is 4.90 Å². The lowest BCUT2D eigenvalue weighted by atomic mass is 10.1. The van der Waals surface area contributed by atoms with E-state index in [-0.39, 0.29) is 0 Å². The summed E-state index contributed by atoms with van der Waals surface area (Å²) in [6.07, 6.45) is 6.36. The van der Waals surface area contributed by atoms with Crippen LogP contribution in [0.2, 0.25) is 0 Å². The maximum absolute atomic E-state index is 10.8. The van der Waals surface area contributed by atoms with Crippen molar-refractivity contribution < 1.29 is 4.79 Å². The van der Waals surface area contributed by atoms with Crippen molar-refractivity contribution in [2.75, 3.05) is 19.6 Å². The Morgan fingerprint density at radius 1 is 1.14 bits per heavy atom. The smallest absolute Gasteiger partial charge is 0.235 e. The van der Waals surface area contributed by atoms with Crippen LogP contribution >= 0.6 is 0 Å². The first kappa shape index (κ1) is 11.5. The predicted molar refractivity (Wildman–Crippen MR) is 56.7 cm³/mol. The molecule has 0 aromatic rings. The molecule has 1 fully saturated rings. The van der Waals surface area contributed by atoms with Gasteiger partial charge >= 0.3 is 0 Å². The fourth-order valence-corrected chi connectivity index (χ4v) is 1.86. The van der Waals surface area contributed by atoms with Gasteiger partial charge in [0, 0.05) is 6.54 Å². The molecule has 0 saturated carbocycles. The van der Waals surface area contributed by atoms with Crippen LogP contribution in [0.4, 0.5) is 0 Å². The summed E-state index contributed by atoms with van der Waals surface area (Å²) in [7, 11) is 0. The van der Waals surface area contributed by atoms with Gasteiger partial charge in [-0.15, -0.1) is 0 Å². The van der Waals surface area contributed by atoms with Gasteiger partial charge < -0.3 is 16.4 Å². The average molecular weight is 199 g/mol. The number of hydrogen-bond acceptors (Lipinski definition) is 3. The fourth-order valence-electron chi connectivity index (χ4n) is 1.86. The van der Waals surface area contributed by atoms with Crippen molar-refractivity contribution >= 4 is 5.91 Å². The Bertz CT molecular complexity index is 176. The molecule has 0 spiro atoms. The van der Waals surface area contributed by atoms with E-state index >= 15 is 0 Å². The lowest BCUT2D eigenvalue weighted by Crippen LogP contribution is -2.46. The molecule has 0 aromatic heterocycles. The summed E-state index contributed by atoms with van der Waals surface area (Å²) < 4.78 is 0. The van der Waals surface area contributed by atoms with E-state index in [1.807, 2.05) is 0 Å². The summed E-state index contributed by atoms with van der Waals surface area (Å²) in [6.45, 7) is 2.73. The number of primary amides is 1. The SMILES string of the molecule is NC(=O)C(N)CN1CCCCCCC1. The maximum Gasteiger partial charge on any atom is 0.235 e. The van der Waals surface area contributed by atoms with Crippen LogP contribution in [0.15, 0.2) is 0 Å². The third kappa shape index (κ3) is 4.07. The van der Waals surface area contributed by atoms with Crippen LogP contribution < -0.4 is 11.5 Å². The highest BCUT2D eigenvalue weighted by Gasteiger charge is 2.15. The van der Waals surface area contributed by atoms with Crippen LogP contribution in [-0.4, -0.2) is 36.5 Å². The molecule has 1 atom stereocenters. The molecule has 1 heterocycles. The normalized spacial score (nSPS) is 22.4. The molecule has 14 heavy (non-hydrogen) atoms. The number of hydrogen-bond donors (Lipinski definition) is 2. The summed E-state index contributed by atoms with van der Waals surface area (Å²) in [5.41, 5.74) is 10.8. The van der Waals surface area contributed by atoms with Gasteiger partial charge in [0.05, 0.1) is 6.04 Å². The second-order valence-corrected chi connectivity index (χ2v) is 4.08. The van der Waals surface area contributed by atoms with Gasteiger partial charge in [-0.1, -0.05) is 19.3 Å². The van der Waals surface area contributed by atoms with E-state index < -0.39 is 11.9 Å². The van der Waals surface area contributed by atoms with E-state index in [4.69, 9.17) is 11.5 Å². The van der Waals surface area contributed by atoms with E-state index in [0.717, 1.165) is 13.1 Å². The molecule has 0 bridgehead atoms. The van der Waals surface area contributed by atoms with Crippen LogP contribution in [0.5, 0.6) is 0 Å².